The molecule has 0 bridgehead atoms. The molecule has 2 aromatic heterocycles. The molecule has 1 aliphatic carbocycles. The third-order valence-corrected chi connectivity index (χ3v) is 5.74. The summed E-state index contributed by atoms with van der Waals surface area (Å²) in [6.07, 6.45) is 4.90. The number of hydrogen-bond acceptors (Lipinski definition) is 5. The van der Waals surface area contributed by atoms with Gasteiger partial charge in [-0.1, -0.05) is 31.0 Å². The summed E-state index contributed by atoms with van der Waals surface area (Å²) >= 11 is 0. The molecule has 2 heterocycles. The van der Waals surface area contributed by atoms with Crippen molar-refractivity contribution in [2.45, 2.75) is 37.8 Å². The number of halogens is 1. The van der Waals surface area contributed by atoms with E-state index in [0.29, 0.717) is 18.5 Å². The van der Waals surface area contributed by atoms with Crippen LogP contribution in [0, 0.1) is 17.3 Å². The first-order valence-corrected chi connectivity index (χ1v) is 9.97. The van der Waals surface area contributed by atoms with Crippen molar-refractivity contribution in [2.75, 3.05) is 0 Å². The molecule has 3 aromatic rings. The normalized spacial score (nSPS) is 14.7. The molecular weight excluding hydrogens is 397 g/mol. The van der Waals surface area contributed by atoms with E-state index in [4.69, 9.17) is 0 Å². The Morgan fingerprint density at radius 3 is 2.65 bits per heavy atom. The molecule has 1 fully saturated rings. The topological polar surface area (TPSA) is 103 Å². The van der Waals surface area contributed by atoms with E-state index < -0.39 is 17.6 Å². The molecule has 1 saturated carbocycles. The van der Waals surface area contributed by atoms with Crippen LogP contribution in [0.2, 0.25) is 0 Å². The van der Waals surface area contributed by atoms with Crippen molar-refractivity contribution in [1.29, 1.82) is 5.26 Å². The first kappa shape index (κ1) is 20.4. The van der Waals surface area contributed by atoms with E-state index in [1.807, 2.05) is 30.3 Å². The first-order chi connectivity index (χ1) is 15.0. The van der Waals surface area contributed by atoms with E-state index in [-0.39, 0.29) is 12.4 Å². The molecule has 1 N–H and O–H groups in total. The van der Waals surface area contributed by atoms with Crippen LogP contribution in [0.1, 0.15) is 42.8 Å². The highest BCUT2D eigenvalue weighted by atomic mass is 19.1. The van der Waals surface area contributed by atoms with Gasteiger partial charge in [0.1, 0.15) is 6.07 Å². The minimum absolute atomic E-state index is 0.0277. The van der Waals surface area contributed by atoms with Crippen molar-refractivity contribution in [3.8, 4) is 17.2 Å². The standard InChI is InChI=1S/C23H20FN5O2/c24-20-7-6-18(14-27-20)17-5-3-4-16(12-17)15-29(22(30)31)23(9-1-2-10-23)19-8-11-26-21(13-25)28-19/h3-8,11-12,14H,1-2,9-10,15H2,(H,30,31). The number of benzene rings is 1. The van der Waals surface area contributed by atoms with Crippen molar-refractivity contribution in [3.63, 3.8) is 0 Å². The van der Waals surface area contributed by atoms with Gasteiger partial charge in [0, 0.05) is 24.5 Å². The largest absolute Gasteiger partial charge is 0.465 e. The van der Waals surface area contributed by atoms with Crippen LogP contribution >= 0.6 is 0 Å². The lowest BCUT2D eigenvalue weighted by atomic mass is 9.90. The third-order valence-electron chi connectivity index (χ3n) is 5.74. The second kappa shape index (κ2) is 8.48. The summed E-state index contributed by atoms with van der Waals surface area (Å²) in [5.41, 5.74) is 2.11. The SMILES string of the molecule is N#Cc1nccc(C2(N(Cc3cccc(-c4ccc(F)nc4)c3)C(=O)O)CCCC2)n1. The number of pyridine rings is 1. The van der Waals surface area contributed by atoms with Gasteiger partial charge in [-0.25, -0.2) is 19.7 Å². The van der Waals surface area contributed by atoms with E-state index in [2.05, 4.69) is 15.0 Å². The van der Waals surface area contributed by atoms with Gasteiger partial charge in [-0.05, 0) is 48.2 Å². The lowest BCUT2D eigenvalue weighted by molar-refractivity contribution is 0.0671. The number of aromatic nitrogens is 3. The van der Waals surface area contributed by atoms with Crippen LogP contribution in [0.4, 0.5) is 9.18 Å². The molecule has 0 aliphatic heterocycles. The molecule has 1 amide bonds. The zero-order valence-electron chi connectivity index (χ0n) is 16.7. The fourth-order valence-corrected chi connectivity index (χ4v) is 4.28. The molecule has 8 heteroatoms. The van der Waals surface area contributed by atoms with Crippen molar-refractivity contribution in [3.05, 3.63) is 77.9 Å². The van der Waals surface area contributed by atoms with Crippen molar-refractivity contribution < 1.29 is 14.3 Å². The van der Waals surface area contributed by atoms with Crippen molar-refractivity contribution in [2.24, 2.45) is 0 Å². The summed E-state index contributed by atoms with van der Waals surface area (Å²) in [5.74, 6) is -0.526. The summed E-state index contributed by atoms with van der Waals surface area (Å²) in [6.45, 7) is 0.156. The second-order valence-corrected chi connectivity index (χ2v) is 7.55. The number of hydrogen-bond donors (Lipinski definition) is 1. The Bertz CT molecular complexity index is 1140. The predicted octanol–water partition coefficient (Wildman–Crippen LogP) is 4.50. The van der Waals surface area contributed by atoms with Gasteiger partial charge in [0.25, 0.3) is 0 Å². The van der Waals surface area contributed by atoms with Crippen LogP contribution in [0.5, 0.6) is 0 Å². The van der Waals surface area contributed by atoms with Crippen LogP contribution in [0.3, 0.4) is 0 Å². The Balaban J connectivity index is 1.70. The van der Waals surface area contributed by atoms with E-state index in [1.54, 1.807) is 12.1 Å². The van der Waals surface area contributed by atoms with Gasteiger partial charge in [-0.15, -0.1) is 0 Å². The number of nitrogens with zero attached hydrogens (tertiary/aromatic N) is 5. The van der Waals surface area contributed by atoms with Gasteiger partial charge in [0.2, 0.25) is 11.8 Å². The van der Waals surface area contributed by atoms with Crippen LogP contribution in [0.15, 0.2) is 54.9 Å². The Labute approximate surface area is 178 Å². The molecule has 0 spiro atoms. The van der Waals surface area contributed by atoms with Gasteiger partial charge in [0.05, 0.1) is 11.2 Å². The fourth-order valence-electron chi connectivity index (χ4n) is 4.28. The molecular formula is C23H20FN5O2. The van der Waals surface area contributed by atoms with Crippen LogP contribution in [-0.2, 0) is 12.1 Å². The maximum Gasteiger partial charge on any atom is 0.408 e. The highest BCUT2D eigenvalue weighted by Crippen LogP contribution is 2.44. The highest BCUT2D eigenvalue weighted by Gasteiger charge is 2.45. The van der Waals surface area contributed by atoms with E-state index in [9.17, 15) is 19.6 Å². The predicted molar refractivity (Wildman–Crippen MR) is 110 cm³/mol. The summed E-state index contributed by atoms with van der Waals surface area (Å²) in [4.78, 5) is 25.8. The van der Waals surface area contributed by atoms with Gasteiger partial charge >= 0.3 is 6.09 Å². The number of carboxylic acid groups (broad SMARTS) is 1. The maximum absolute atomic E-state index is 13.2. The summed E-state index contributed by atoms with van der Waals surface area (Å²) < 4.78 is 13.2. The quantitative estimate of drug-likeness (QED) is 0.613. The van der Waals surface area contributed by atoms with E-state index in [1.165, 1.54) is 23.4 Å². The Morgan fingerprint density at radius 2 is 1.97 bits per heavy atom. The van der Waals surface area contributed by atoms with Gasteiger partial charge in [-0.2, -0.15) is 9.65 Å². The summed E-state index contributed by atoms with van der Waals surface area (Å²) in [6, 6.07) is 14.0. The molecule has 4 rings (SSSR count). The summed E-state index contributed by atoms with van der Waals surface area (Å²) in [5, 5.41) is 19.3. The average Bonchev–Trinajstić information content (AvgIpc) is 3.29. The van der Waals surface area contributed by atoms with E-state index in [0.717, 1.165) is 29.5 Å². The van der Waals surface area contributed by atoms with Crippen LogP contribution in [0.25, 0.3) is 11.1 Å². The number of carbonyl (C=O) groups is 1. The van der Waals surface area contributed by atoms with Crippen molar-refractivity contribution in [1.82, 2.24) is 19.9 Å². The number of rotatable bonds is 5. The van der Waals surface area contributed by atoms with Crippen molar-refractivity contribution >= 4 is 6.09 Å². The lowest BCUT2D eigenvalue weighted by Crippen LogP contribution is -2.47. The monoisotopic (exact) mass is 417 g/mol. The minimum atomic E-state index is -1.05. The Morgan fingerprint density at radius 1 is 1.16 bits per heavy atom. The van der Waals surface area contributed by atoms with Gasteiger partial charge < -0.3 is 5.11 Å². The molecule has 0 saturated heterocycles. The van der Waals surface area contributed by atoms with Crippen LogP contribution < -0.4 is 0 Å². The number of nitriles is 1. The molecule has 1 aromatic carbocycles. The molecule has 0 unspecified atom stereocenters. The Kier molecular flexibility index (Phi) is 5.58. The summed E-state index contributed by atoms with van der Waals surface area (Å²) in [7, 11) is 0. The average molecular weight is 417 g/mol. The van der Waals surface area contributed by atoms with Gasteiger partial charge in [-0.3, -0.25) is 4.90 Å². The molecule has 31 heavy (non-hydrogen) atoms. The smallest absolute Gasteiger partial charge is 0.408 e. The molecule has 7 nitrogen and oxygen atoms in total. The fraction of sp³-hybridized carbons (Fsp3) is 0.261. The maximum atomic E-state index is 13.2. The second-order valence-electron chi connectivity index (χ2n) is 7.55. The molecule has 156 valence electrons. The lowest BCUT2D eigenvalue weighted by Gasteiger charge is -2.39. The Hall–Kier alpha value is -3.86. The van der Waals surface area contributed by atoms with Gasteiger partial charge in [0.15, 0.2) is 0 Å². The van der Waals surface area contributed by atoms with E-state index >= 15 is 0 Å². The molecule has 0 atom stereocenters. The number of amides is 1. The zero-order valence-corrected chi connectivity index (χ0v) is 16.7. The molecule has 0 radical (unpaired) electrons. The first-order valence-electron chi connectivity index (χ1n) is 9.97. The van der Waals surface area contributed by atoms with Crippen LogP contribution in [-0.4, -0.2) is 31.1 Å². The highest BCUT2D eigenvalue weighted by molar-refractivity contribution is 5.67. The third kappa shape index (κ3) is 4.08. The zero-order chi connectivity index (χ0) is 21.8. The molecule has 1 aliphatic rings. The minimum Gasteiger partial charge on any atom is -0.465 e.